The minimum Gasteiger partial charge on any atom is -0.394 e. The third kappa shape index (κ3) is 4.50. The van der Waals surface area contributed by atoms with Crippen LogP contribution >= 0.6 is 0 Å². The number of hydrogen-bond acceptors (Lipinski definition) is 10. The van der Waals surface area contributed by atoms with Crippen molar-refractivity contribution in [2.45, 2.75) is 38.1 Å². The van der Waals surface area contributed by atoms with Gasteiger partial charge in [-0.2, -0.15) is 4.98 Å². The first-order valence-electron chi connectivity index (χ1n) is 10.5. The minimum atomic E-state index is 0.238. The summed E-state index contributed by atoms with van der Waals surface area (Å²) in [5.41, 5.74) is 11.1. The van der Waals surface area contributed by atoms with E-state index in [1.165, 1.54) is 19.3 Å². The predicted molar refractivity (Wildman–Crippen MR) is 118 cm³/mol. The molecule has 162 valence electrons. The van der Waals surface area contributed by atoms with E-state index < -0.39 is 0 Å². The summed E-state index contributed by atoms with van der Waals surface area (Å²) >= 11 is 0. The summed E-state index contributed by atoms with van der Waals surface area (Å²) in [5, 5.41) is 14.5. The molecule has 1 aliphatic heterocycles. The first-order valence-corrected chi connectivity index (χ1v) is 10.5. The molecule has 1 saturated heterocycles. The number of aromatic nitrogens is 2. The Morgan fingerprint density at radius 1 is 1.17 bits per heavy atom. The van der Waals surface area contributed by atoms with Crippen LogP contribution in [0.1, 0.15) is 32.1 Å². The molecule has 0 unspecified atom stereocenters. The second-order valence-corrected chi connectivity index (χ2v) is 7.74. The molecule has 7 N–H and O–H groups in total. The second kappa shape index (κ2) is 9.33. The van der Waals surface area contributed by atoms with E-state index in [0.29, 0.717) is 36.4 Å². The van der Waals surface area contributed by atoms with Crippen molar-refractivity contribution in [3.63, 3.8) is 0 Å². The van der Waals surface area contributed by atoms with E-state index in [-0.39, 0.29) is 6.04 Å². The topological polar surface area (TPSA) is 138 Å². The van der Waals surface area contributed by atoms with Crippen LogP contribution < -0.4 is 32.3 Å². The van der Waals surface area contributed by atoms with Crippen molar-refractivity contribution in [2.75, 3.05) is 52.7 Å². The third-order valence-corrected chi connectivity index (χ3v) is 5.73. The maximum atomic E-state index is 9.63. The molecule has 1 aromatic carbocycles. The van der Waals surface area contributed by atoms with Gasteiger partial charge in [0.1, 0.15) is 0 Å². The normalized spacial score (nSPS) is 17.6. The highest BCUT2D eigenvalue weighted by Gasteiger charge is 2.22. The Balaban J connectivity index is 1.52. The average molecular weight is 415 g/mol. The number of anilines is 6. The van der Waals surface area contributed by atoms with Crippen molar-refractivity contribution in [3.05, 3.63) is 24.4 Å². The van der Waals surface area contributed by atoms with Crippen molar-refractivity contribution in [3.8, 4) is 0 Å². The number of nitrogens with one attached hydrogen (secondary N) is 2. The summed E-state index contributed by atoms with van der Waals surface area (Å²) in [6, 6.07) is 5.92. The molecule has 10 nitrogen and oxygen atoms in total. The minimum absolute atomic E-state index is 0.238. The molecule has 1 saturated carbocycles. The zero-order valence-corrected chi connectivity index (χ0v) is 17.0. The smallest absolute Gasteiger partial charge is 0.229 e. The monoisotopic (exact) mass is 414 g/mol. The highest BCUT2D eigenvalue weighted by atomic mass is 16.5. The van der Waals surface area contributed by atoms with Crippen LogP contribution in [-0.4, -0.2) is 47.5 Å². The Labute approximate surface area is 176 Å². The number of nitrogens with zero attached hydrogens (tertiary/aromatic N) is 4. The van der Waals surface area contributed by atoms with Crippen LogP contribution in [0.3, 0.4) is 0 Å². The number of hydrogen-bond donors (Lipinski definition) is 5. The van der Waals surface area contributed by atoms with Gasteiger partial charge < -0.3 is 20.7 Å². The Hall–Kier alpha value is -2.82. The van der Waals surface area contributed by atoms with Gasteiger partial charge in [0.25, 0.3) is 0 Å². The van der Waals surface area contributed by atoms with Gasteiger partial charge in [0.2, 0.25) is 5.95 Å². The predicted octanol–water partition coefficient (Wildman–Crippen LogP) is 2.45. The Morgan fingerprint density at radius 2 is 1.93 bits per heavy atom. The molecule has 0 atom stereocenters. The van der Waals surface area contributed by atoms with Crippen LogP contribution in [-0.2, 0) is 4.74 Å². The number of benzene rings is 1. The van der Waals surface area contributed by atoms with Crippen molar-refractivity contribution in [2.24, 2.45) is 5.84 Å². The molecule has 2 aliphatic rings. The van der Waals surface area contributed by atoms with E-state index in [1.54, 1.807) is 11.2 Å². The summed E-state index contributed by atoms with van der Waals surface area (Å²) in [5.74, 6) is 7.29. The molecule has 0 radical (unpaired) electrons. The second-order valence-electron chi connectivity index (χ2n) is 7.74. The number of rotatable bonds is 6. The Kier molecular flexibility index (Phi) is 6.36. The average Bonchev–Trinajstić information content (AvgIpc) is 2.81. The molecule has 30 heavy (non-hydrogen) atoms. The lowest BCUT2D eigenvalue weighted by Crippen LogP contribution is -2.43. The molecule has 0 spiro atoms. The van der Waals surface area contributed by atoms with E-state index in [4.69, 9.17) is 16.3 Å². The first kappa shape index (κ1) is 20.5. The summed E-state index contributed by atoms with van der Waals surface area (Å²) < 4.78 is 5.40. The van der Waals surface area contributed by atoms with Gasteiger partial charge in [-0.1, -0.05) is 19.3 Å². The standard InChI is InChI=1S/C20H30N8O2/c21-16-13-23-20(25-19(16)28(22)15-4-2-1-3-5-15)24-14-6-7-18(17(12-14)26-29)27-8-10-30-11-9-27/h6-7,12-13,15,26,29H,1-5,8-11,21-22H2,(H,23,24,25). The van der Waals surface area contributed by atoms with Crippen LogP contribution in [0, 0.1) is 0 Å². The van der Waals surface area contributed by atoms with Gasteiger partial charge in [0, 0.05) is 24.8 Å². The largest absolute Gasteiger partial charge is 0.394 e. The third-order valence-electron chi connectivity index (χ3n) is 5.73. The fraction of sp³-hybridized carbons (Fsp3) is 0.500. The number of nitrogens with two attached hydrogens (primary N) is 2. The summed E-state index contributed by atoms with van der Waals surface area (Å²) in [6.07, 6.45) is 7.23. The maximum Gasteiger partial charge on any atom is 0.229 e. The molecule has 1 aliphatic carbocycles. The summed E-state index contributed by atoms with van der Waals surface area (Å²) in [7, 11) is 0. The van der Waals surface area contributed by atoms with Gasteiger partial charge in [0.05, 0.1) is 36.5 Å². The number of morpholine rings is 1. The first-order chi connectivity index (χ1) is 14.7. The maximum absolute atomic E-state index is 9.63. The van der Waals surface area contributed by atoms with Crippen LogP contribution in [0.4, 0.5) is 34.5 Å². The Bertz CT molecular complexity index is 853. The van der Waals surface area contributed by atoms with Gasteiger partial charge in [0.15, 0.2) is 5.82 Å². The molecule has 0 bridgehead atoms. The van der Waals surface area contributed by atoms with Crippen molar-refractivity contribution >= 4 is 34.5 Å². The van der Waals surface area contributed by atoms with Crippen molar-refractivity contribution in [1.29, 1.82) is 0 Å². The van der Waals surface area contributed by atoms with Crippen LogP contribution in [0.2, 0.25) is 0 Å². The molecule has 10 heteroatoms. The lowest BCUT2D eigenvalue weighted by Gasteiger charge is -2.32. The van der Waals surface area contributed by atoms with Gasteiger partial charge >= 0.3 is 0 Å². The van der Waals surface area contributed by atoms with Crippen LogP contribution in [0.25, 0.3) is 0 Å². The van der Waals surface area contributed by atoms with Crippen LogP contribution in [0.15, 0.2) is 24.4 Å². The molecule has 2 heterocycles. The van der Waals surface area contributed by atoms with E-state index in [1.807, 2.05) is 18.2 Å². The summed E-state index contributed by atoms with van der Waals surface area (Å²) in [6.45, 7) is 2.89. The van der Waals surface area contributed by atoms with Gasteiger partial charge in [-0.15, -0.1) is 0 Å². The lowest BCUT2D eigenvalue weighted by atomic mass is 9.95. The van der Waals surface area contributed by atoms with E-state index in [2.05, 4.69) is 25.7 Å². The molecule has 1 aromatic heterocycles. The van der Waals surface area contributed by atoms with Crippen molar-refractivity contribution < 1.29 is 9.94 Å². The highest BCUT2D eigenvalue weighted by Crippen LogP contribution is 2.32. The van der Waals surface area contributed by atoms with Crippen molar-refractivity contribution in [1.82, 2.24) is 9.97 Å². The molecular formula is C20H30N8O2. The van der Waals surface area contributed by atoms with Gasteiger partial charge in [-0.05, 0) is 31.0 Å². The molecular weight excluding hydrogens is 384 g/mol. The zero-order valence-electron chi connectivity index (χ0n) is 17.0. The lowest BCUT2D eigenvalue weighted by molar-refractivity contribution is 0.122. The molecule has 4 rings (SSSR count). The quantitative estimate of drug-likeness (QED) is 0.354. The van der Waals surface area contributed by atoms with E-state index >= 15 is 0 Å². The zero-order chi connectivity index (χ0) is 20.9. The Morgan fingerprint density at radius 3 is 2.67 bits per heavy atom. The SMILES string of the molecule is Nc1cnc(Nc2ccc(N3CCOCC3)c(NO)c2)nc1N(N)C1CCCCC1. The number of nitrogen functional groups attached to an aromatic ring is 1. The number of hydrazine groups is 1. The van der Waals surface area contributed by atoms with Gasteiger partial charge in [-0.3, -0.25) is 15.7 Å². The molecule has 0 amide bonds. The fourth-order valence-electron chi connectivity index (χ4n) is 4.09. The van der Waals surface area contributed by atoms with Crippen LogP contribution in [0.5, 0.6) is 0 Å². The van der Waals surface area contributed by atoms with E-state index in [9.17, 15) is 5.21 Å². The molecule has 2 fully saturated rings. The molecule has 2 aromatic rings. The van der Waals surface area contributed by atoms with Gasteiger partial charge in [-0.25, -0.2) is 10.8 Å². The van der Waals surface area contributed by atoms with E-state index in [0.717, 1.165) is 37.3 Å². The summed E-state index contributed by atoms with van der Waals surface area (Å²) in [4.78, 5) is 11.0. The highest BCUT2D eigenvalue weighted by molar-refractivity contribution is 5.76. The fourth-order valence-corrected chi connectivity index (χ4v) is 4.09. The number of ether oxygens (including phenoxy) is 1.